The van der Waals surface area contributed by atoms with Gasteiger partial charge in [-0.15, -0.1) is 0 Å². The predicted octanol–water partition coefficient (Wildman–Crippen LogP) is 1.24. The van der Waals surface area contributed by atoms with E-state index in [1.54, 1.807) is 6.08 Å². The van der Waals surface area contributed by atoms with Crippen molar-refractivity contribution in [3.05, 3.63) is 29.7 Å². The molecule has 0 aromatic carbocycles. The lowest BCUT2D eigenvalue weighted by Gasteiger charge is -2.22. The molecule has 0 amide bonds. The lowest BCUT2D eigenvalue weighted by molar-refractivity contribution is 0.0661. The second kappa shape index (κ2) is 4.58. The second-order valence-electron chi connectivity index (χ2n) is 3.96. The van der Waals surface area contributed by atoms with E-state index in [1.165, 1.54) is 11.2 Å². The Balaban J connectivity index is 2.41. The summed E-state index contributed by atoms with van der Waals surface area (Å²) < 4.78 is 30.8. The zero-order chi connectivity index (χ0) is 13.3. The van der Waals surface area contributed by atoms with Crippen LogP contribution in [0.1, 0.15) is 22.7 Å². The highest BCUT2D eigenvalue weighted by molar-refractivity contribution is 7.89. The van der Waals surface area contributed by atoms with Crippen LogP contribution >= 0.6 is 0 Å². The molecule has 0 atom stereocenters. The number of carbonyl (C=O) groups is 1. The predicted molar refractivity (Wildman–Crippen MR) is 62.9 cm³/mol. The van der Waals surface area contributed by atoms with Crippen molar-refractivity contribution in [3.8, 4) is 0 Å². The molecule has 0 spiro atoms. The van der Waals surface area contributed by atoms with E-state index in [4.69, 9.17) is 9.52 Å². The van der Waals surface area contributed by atoms with E-state index in [0.29, 0.717) is 19.5 Å². The Bertz CT molecular complexity index is 599. The number of nitrogens with zero attached hydrogens (tertiary/aromatic N) is 1. The van der Waals surface area contributed by atoms with Crippen molar-refractivity contribution in [1.82, 2.24) is 4.31 Å². The van der Waals surface area contributed by atoms with Crippen LogP contribution in [0.5, 0.6) is 0 Å². The number of furan rings is 1. The van der Waals surface area contributed by atoms with E-state index in [0.717, 1.165) is 6.07 Å². The van der Waals surface area contributed by atoms with Crippen molar-refractivity contribution >= 4 is 16.0 Å². The van der Waals surface area contributed by atoms with Crippen LogP contribution in [0.15, 0.2) is 27.5 Å². The Hall–Kier alpha value is -1.60. The van der Waals surface area contributed by atoms with E-state index in [2.05, 4.69) is 0 Å². The average Bonchev–Trinajstić information content (AvgIpc) is 2.73. The number of hydrogen-bond donors (Lipinski definition) is 1. The van der Waals surface area contributed by atoms with Crippen LogP contribution < -0.4 is 0 Å². The van der Waals surface area contributed by atoms with Gasteiger partial charge in [-0.2, -0.15) is 4.31 Å². The fourth-order valence-corrected chi connectivity index (χ4v) is 3.37. The van der Waals surface area contributed by atoms with Crippen molar-refractivity contribution < 1.29 is 22.7 Å². The molecule has 2 heterocycles. The Morgan fingerprint density at radius 2 is 2.17 bits per heavy atom. The SMILES string of the molecule is Cc1oc(C(=O)O)cc1S(=O)(=O)N1CC=CCC1. The Morgan fingerprint density at radius 3 is 2.67 bits per heavy atom. The van der Waals surface area contributed by atoms with Crippen LogP contribution in [0.2, 0.25) is 0 Å². The molecule has 1 N–H and O–H groups in total. The number of carboxylic acid groups (broad SMARTS) is 1. The number of sulfonamides is 1. The molecule has 1 aromatic rings. The van der Waals surface area contributed by atoms with Crippen LogP contribution in [0, 0.1) is 6.92 Å². The standard InChI is InChI=1S/C11H13NO5S/c1-8-10(7-9(17-8)11(13)14)18(15,16)12-5-3-2-4-6-12/h2-3,7H,4-6H2,1H3,(H,13,14). The number of aryl methyl sites for hydroxylation is 1. The van der Waals surface area contributed by atoms with Crippen LogP contribution in [0.4, 0.5) is 0 Å². The minimum atomic E-state index is -3.68. The molecule has 0 aliphatic carbocycles. The first-order valence-corrected chi connectivity index (χ1v) is 6.86. The normalized spacial score (nSPS) is 16.9. The van der Waals surface area contributed by atoms with Crippen LogP contribution in [-0.2, 0) is 10.0 Å². The van der Waals surface area contributed by atoms with E-state index >= 15 is 0 Å². The van der Waals surface area contributed by atoms with Gasteiger partial charge in [-0.25, -0.2) is 13.2 Å². The molecule has 18 heavy (non-hydrogen) atoms. The molecule has 6 nitrogen and oxygen atoms in total. The lowest BCUT2D eigenvalue weighted by Crippen LogP contribution is -2.33. The maximum absolute atomic E-state index is 12.3. The van der Waals surface area contributed by atoms with E-state index in [1.807, 2.05) is 6.08 Å². The van der Waals surface area contributed by atoms with Crippen molar-refractivity contribution in [2.75, 3.05) is 13.1 Å². The van der Waals surface area contributed by atoms with Gasteiger partial charge >= 0.3 is 5.97 Å². The zero-order valence-corrected chi connectivity index (χ0v) is 10.6. The third-order valence-corrected chi connectivity index (χ3v) is 4.69. The van der Waals surface area contributed by atoms with Crippen molar-refractivity contribution in [1.29, 1.82) is 0 Å². The maximum atomic E-state index is 12.3. The molecule has 7 heteroatoms. The molecule has 0 radical (unpaired) electrons. The summed E-state index contributed by atoms with van der Waals surface area (Å²) in [6.45, 7) is 2.14. The monoisotopic (exact) mass is 271 g/mol. The Morgan fingerprint density at radius 1 is 1.44 bits per heavy atom. The van der Waals surface area contributed by atoms with E-state index in [-0.39, 0.29) is 16.4 Å². The Kier molecular flexibility index (Phi) is 3.27. The van der Waals surface area contributed by atoms with Gasteiger partial charge in [0, 0.05) is 19.2 Å². The van der Waals surface area contributed by atoms with Gasteiger partial charge in [0.25, 0.3) is 0 Å². The summed E-state index contributed by atoms with van der Waals surface area (Å²) in [5.74, 6) is -1.54. The topological polar surface area (TPSA) is 87.8 Å². The molecule has 0 saturated carbocycles. The lowest BCUT2D eigenvalue weighted by atomic mass is 10.3. The summed E-state index contributed by atoms with van der Waals surface area (Å²) in [5.41, 5.74) is 0. The average molecular weight is 271 g/mol. The van der Waals surface area contributed by atoms with Crippen LogP contribution in [-0.4, -0.2) is 36.9 Å². The Labute approximate surface area is 105 Å². The maximum Gasteiger partial charge on any atom is 0.371 e. The molecule has 1 aromatic heterocycles. The molecular formula is C11H13NO5S. The van der Waals surface area contributed by atoms with Gasteiger partial charge < -0.3 is 9.52 Å². The van der Waals surface area contributed by atoms with Gasteiger partial charge in [-0.1, -0.05) is 12.2 Å². The first kappa shape index (κ1) is 12.8. The first-order chi connectivity index (χ1) is 8.43. The summed E-state index contributed by atoms with van der Waals surface area (Å²) >= 11 is 0. The first-order valence-electron chi connectivity index (χ1n) is 5.42. The van der Waals surface area contributed by atoms with Gasteiger partial charge in [-0.3, -0.25) is 0 Å². The zero-order valence-electron chi connectivity index (χ0n) is 9.79. The largest absolute Gasteiger partial charge is 0.475 e. The molecule has 0 unspecified atom stereocenters. The minimum Gasteiger partial charge on any atom is -0.475 e. The highest BCUT2D eigenvalue weighted by atomic mass is 32.2. The third-order valence-electron chi connectivity index (χ3n) is 2.72. The van der Waals surface area contributed by atoms with E-state index in [9.17, 15) is 13.2 Å². The van der Waals surface area contributed by atoms with Crippen molar-refractivity contribution in [2.24, 2.45) is 0 Å². The smallest absolute Gasteiger partial charge is 0.371 e. The number of hydrogen-bond acceptors (Lipinski definition) is 4. The molecule has 0 fully saturated rings. The quantitative estimate of drug-likeness (QED) is 0.835. The van der Waals surface area contributed by atoms with Gasteiger partial charge in [0.05, 0.1) is 0 Å². The molecule has 1 aliphatic heterocycles. The number of aromatic carboxylic acids is 1. The second-order valence-corrected chi connectivity index (χ2v) is 5.87. The molecule has 98 valence electrons. The number of rotatable bonds is 3. The van der Waals surface area contributed by atoms with Crippen LogP contribution in [0.3, 0.4) is 0 Å². The molecule has 0 saturated heterocycles. The summed E-state index contributed by atoms with van der Waals surface area (Å²) in [7, 11) is -3.68. The molecule has 1 aliphatic rings. The van der Waals surface area contributed by atoms with Gasteiger partial charge in [-0.05, 0) is 13.3 Å². The fraction of sp³-hybridized carbons (Fsp3) is 0.364. The van der Waals surface area contributed by atoms with Gasteiger partial charge in [0.2, 0.25) is 15.8 Å². The summed E-state index contributed by atoms with van der Waals surface area (Å²) in [4.78, 5) is 10.7. The highest BCUT2D eigenvalue weighted by Crippen LogP contribution is 2.24. The van der Waals surface area contributed by atoms with Crippen molar-refractivity contribution in [3.63, 3.8) is 0 Å². The highest BCUT2D eigenvalue weighted by Gasteiger charge is 2.29. The summed E-state index contributed by atoms with van der Waals surface area (Å²) in [6, 6.07) is 1.06. The van der Waals surface area contributed by atoms with E-state index < -0.39 is 16.0 Å². The van der Waals surface area contributed by atoms with Gasteiger partial charge in [0.15, 0.2) is 0 Å². The van der Waals surface area contributed by atoms with Gasteiger partial charge in [0.1, 0.15) is 10.7 Å². The fourth-order valence-electron chi connectivity index (χ4n) is 1.80. The minimum absolute atomic E-state index is 0.0739. The van der Waals surface area contributed by atoms with Crippen LogP contribution in [0.25, 0.3) is 0 Å². The molecule has 2 rings (SSSR count). The molecular weight excluding hydrogens is 258 g/mol. The molecule has 0 bridgehead atoms. The summed E-state index contributed by atoms with van der Waals surface area (Å²) in [5, 5.41) is 8.79. The third kappa shape index (κ3) is 2.19. The number of carboxylic acids is 1. The summed E-state index contributed by atoms with van der Waals surface area (Å²) in [6.07, 6.45) is 4.34. The van der Waals surface area contributed by atoms with Crippen molar-refractivity contribution in [2.45, 2.75) is 18.2 Å².